The first kappa shape index (κ1) is 11.2. The topological polar surface area (TPSA) is 29.1 Å². The van der Waals surface area contributed by atoms with Gasteiger partial charge >= 0.3 is 0 Å². The van der Waals surface area contributed by atoms with E-state index in [-0.39, 0.29) is 5.91 Å². The number of carbonyl (C=O) groups is 1. The molecule has 1 aromatic rings. The van der Waals surface area contributed by atoms with Crippen LogP contribution in [0.15, 0.2) is 43.0 Å². The quantitative estimate of drug-likeness (QED) is 0.588. The van der Waals surface area contributed by atoms with E-state index in [0.717, 1.165) is 5.56 Å². The van der Waals surface area contributed by atoms with Crippen LogP contribution in [0, 0.1) is 6.92 Å². The number of amides is 1. The van der Waals surface area contributed by atoms with Crippen LogP contribution >= 0.6 is 0 Å². The average molecular weight is 201 g/mol. The molecule has 1 rings (SSSR count). The fourth-order valence-corrected chi connectivity index (χ4v) is 1.08. The lowest BCUT2D eigenvalue weighted by atomic mass is 10.1. The number of hydrogen-bond donors (Lipinski definition) is 1. The highest BCUT2D eigenvalue weighted by Crippen LogP contribution is 2.04. The van der Waals surface area contributed by atoms with E-state index in [2.05, 4.69) is 11.9 Å². The molecule has 0 heterocycles. The Morgan fingerprint density at radius 3 is 2.67 bits per heavy atom. The predicted octanol–water partition coefficient (Wildman–Crippen LogP) is 2.31. The van der Waals surface area contributed by atoms with Crippen molar-refractivity contribution in [1.29, 1.82) is 0 Å². The van der Waals surface area contributed by atoms with E-state index in [0.29, 0.717) is 6.54 Å². The number of nitrogens with one attached hydrogen (secondary N) is 1. The number of benzene rings is 1. The molecule has 0 aromatic heterocycles. The summed E-state index contributed by atoms with van der Waals surface area (Å²) in [5, 5.41) is 2.67. The van der Waals surface area contributed by atoms with Gasteiger partial charge in [-0.3, -0.25) is 4.79 Å². The van der Waals surface area contributed by atoms with Crippen LogP contribution in [0.1, 0.15) is 11.1 Å². The van der Waals surface area contributed by atoms with Crippen molar-refractivity contribution in [2.24, 2.45) is 0 Å². The third-order valence-electron chi connectivity index (χ3n) is 1.93. The van der Waals surface area contributed by atoms with Crippen molar-refractivity contribution in [3.8, 4) is 0 Å². The minimum Gasteiger partial charge on any atom is -0.349 e. The Bertz CT molecular complexity index is 363. The van der Waals surface area contributed by atoms with E-state index in [4.69, 9.17) is 0 Å². The summed E-state index contributed by atoms with van der Waals surface area (Å²) in [6, 6.07) is 7.99. The molecule has 0 saturated carbocycles. The Morgan fingerprint density at radius 2 is 2.07 bits per heavy atom. The Hall–Kier alpha value is -1.83. The van der Waals surface area contributed by atoms with E-state index in [1.807, 2.05) is 31.2 Å². The minimum atomic E-state index is -0.101. The van der Waals surface area contributed by atoms with Gasteiger partial charge in [0.15, 0.2) is 0 Å². The third kappa shape index (κ3) is 4.27. The van der Waals surface area contributed by atoms with Crippen LogP contribution in [0.3, 0.4) is 0 Å². The summed E-state index contributed by atoms with van der Waals surface area (Å²) in [7, 11) is 0. The first-order chi connectivity index (χ1) is 7.22. The van der Waals surface area contributed by atoms with Crippen LogP contribution in [0.5, 0.6) is 0 Å². The molecule has 0 aliphatic rings. The van der Waals surface area contributed by atoms with E-state index < -0.39 is 0 Å². The van der Waals surface area contributed by atoms with Crippen LogP contribution in [0.4, 0.5) is 0 Å². The highest BCUT2D eigenvalue weighted by atomic mass is 16.1. The van der Waals surface area contributed by atoms with E-state index in [1.54, 1.807) is 12.2 Å². The molecular formula is C13H15NO. The van der Waals surface area contributed by atoms with Gasteiger partial charge in [0.05, 0.1) is 0 Å². The van der Waals surface area contributed by atoms with Gasteiger partial charge in [-0.15, -0.1) is 6.58 Å². The maximum absolute atomic E-state index is 11.2. The van der Waals surface area contributed by atoms with Crippen molar-refractivity contribution in [1.82, 2.24) is 5.32 Å². The summed E-state index contributed by atoms with van der Waals surface area (Å²) in [6.07, 6.45) is 4.96. The van der Waals surface area contributed by atoms with Crippen LogP contribution < -0.4 is 5.32 Å². The van der Waals surface area contributed by atoms with Gasteiger partial charge in [0.25, 0.3) is 0 Å². The maximum Gasteiger partial charge on any atom is 0.244 e. The van der Waals surface area contributed by atoms with Gasteiger partial charge in [0.1, 0.15) is 0 Å². The third-order valence-corrected chi connectivity index (χ3v) is 1.93. The molecule has 15 heavy (non-hydrogen) atoms. The van der Waals surface area contributed by atoms with Gasteiger partial charge in [-0.1, -0.05) is 35.9 Å². The zero-order chi connectivity index (χ0) is 11.1. The molecule has 0 radical (unpaired) electrons. The molecule has 1 amide bonds. The van der Waals surface area contributed by atoms with Crippen molar-refractivity contribution in [2.75, 3.05) is 6.54 Å². The Morgan fingerprint density at radius 1 is 1.40 bits per heavy atom. The first-order valence-corrected chi connectivity index (χ1v) is 4.86. The van der Waals surface area contributed by atoms with E-state index >= 15 is 0 Å². The molecule has 0 unspecified atom stereocenters. The number of aryl methyl sites for hydroxylation is 1. The molecule has 2 nitrogen and oxygen atoms in total. The minimum absolute atomic E-state index is 0.101. The van der Waals surface area contributed by atoms with Crippen molar-refractivity contribution in [2.45, 2.75) is 6.92 Å². The lowest BCUT2D eigenvalue weighted by Gasteiger charge is -1.96. The van der Waals surface area contributed by atoms with E-state index in [1.165, 1.54) is 11.6 Å². The summed E-state index contributed by atoms with van der Waals surface area (Å²) in [5.74, 6) is -0.101. The zero-order valence-electron chi connectivity index (χ0n) is 8.86. The summed E-state index contributed by atoms with van der Waals surface area (Å²) >= 11 is 0. The number of hydrogen-bond acceptors (Lipinski definition) is 1. The Kier molecular flexibility index (Phi) is 4.35. The lowest BCUT2D eigenvalue weighted by Crippen LogP contribution is -2.20. The van der Waals surface area contributed by atoms with Crippen molar-refractivity contribution >= 4 is 12.0 Å². The second-order valence-corrected chi connectivity index (χ2v) is 3.28. The first-order valence-electron chi connectivity index (χ1n) is 4.86. The molecule has 0 fully saturated rings. The molecular weight excluding hydrogens is 186 g/mol. The van der Waals surface area contributed by atoms with Crippen LogP contribution in [-0.2, 0) is 4.79 Å². The smallest absolute Gasteiger partial charge is 0.244 e. The standard InChI is InChI=1S/C13H15NO/c1-3-10-14-13(15)9-8-12-6-4-11(2)5-7-12/h3-9H,1,10H2,2H3,(H,14,15). The van der Waals surface area contributed by atoms with Gasteiger partial charge in [-0.25, -0.2) is 0 Å². The zero-order valence-corrected chi connectivity index (χ0v) is 8.86. The van der Waals surface area contributed by atoms with Gasteiger partial charge in [0, 0.05) is 12.6 Å². The SMILES string of the molecule is C=CCNC(=O)C=Cc1ccc(C)cc1. The summed E-state index contributed by atoms with van der Waals surface area (Å²) in [4.78, 5) is 11.2. The molecule has 0 spiro atoms. The molecule has 1 N–H and O–H groups in total. The maximum atomic E-state index is 11.2. The Balaban J connectivity index is 2.53. The second kappa shape index (κ2) is 5.81. The monoisotopic (exact) mass is 201 g/mol. The molecule has 0 aliphatic heterocycles. The van der Waals surface area contributed by atoms with Crippen LogP contribution in [0.2, 0.25) is 0 Å². The van der Waals surface area contributed by atoms with Gasteiger partial charge < -0.3 is 5.32 Å². The highest BCUT2D eigenvalue weighted by molar-refractivity contribution is 5.91. The largest absolute Gasteiger partial charge is 0.349 e. The molecule has 1 aromatic carbocycles. The van der Waals surface area contributed by atoms with Gasteiger partial charge in [-0.05, 0) is 18.6 Å². The van der Waals surface area contributed by atoms with Crippen molar-refractivity contribution in [3.05, 3.63) is 54.1 Å². The Labute approximate surface area is 90.3 Å². The van der Waals surface area contributed by atoms with Gasteiger partial charge in [0.2, 0.25) is 5.91 Å². The van der Waals surface area contributed by atoms with E-state index in [9.17, 15) is 4.79 Å². The van der Waals surface area contributed by atoms with Crippen molar-refractivity contribution in [3.63, 3.8) is 0 Å². The summed E-state index contributed by atoms with van der Waals surface area (Å²) in [6.45, 7) is 6.05. The fourth-order valence-electron chi connectivity index (χ4n) is 1.08. The lowest BCUT2D eigenvalue weighted by molar-refractivity contribution is -0.116. The molecule has 2 heteroatoms. The molecule has 78 valence electrons. The second-order valence-electron chi connectivity index (χ2n) is 3.28. The van der Waals surface area contributed by atoms with Crippen LogP contribution in [-0.4, -0.2) is 12.5 Å². The number of carbonyl (C=O) groups excluding carboxylic acids is 1. The predicted molar refractivity (Wildman–Crippen MR) is 63.4 cm³/mol. The summed E-state index contributed by atoms with van der Waals surface area (Å²) < 4.78 is 0. The van der Waals surface area contributed by atoms with Gasteiger partial charge in [-0.2, -0.15) is 0 Å². The molecule has 0 saturated heterocycles. The molecule has 0 atom stereocenters. The van der Waals surface area contributed by atoms with Crippen molar-refractivity contribution < 1.29 is 4.79 Å². The molecule has 0 aliphatic carbocycles. The summed E-state index contributed by atoms with van der Waals surface area (Å²) in [5.41, 5.74) is 2.23. The average Bonchev–Trinajstić information content (AvgIpc) is 2.25. The normalized spacial score (nSPS) is 10.2. The van der Waals surface area contributed by atoms with Crippen LogP contribution in [0.25, 0.3) is 6.08 Å². The fraction of sp³-hybridized carbons (Fsp3) is 0.154. The molecule has 0 bridgehead atoms. The number of rotatable bonds is 4. The highest BCUT2D eigenvalue weighted by Gasteiger charge is 1.91.